The van der Waals surface area contributed by atoms with Crippen LogP contribution in [0.3, 0.4) is 0 Å². The van der Waals surface area contributed by atoms with Crippen LogP contribution in [0, 0.1) is 11.2 Å². The molecule has 0 aromatic heterocycles. The van der Waals surface area contributed by atoms with Gasteiger partial charge in [0.25, 0.3) is 5.91 Å². The number of nitrogens with one attached hydrogen (secondary N) is 2. The predicted molar refractivity (Wildman–Crippen MR) is 109 cm³/mol. The molecule has 9 heteroatoms. The maximum atomic E-state index is 14.7. The summed E-state index contributed by atoms with van der Waals surface area (Å²) in [7, 11) is 1.31. The van der Waals surface area contributed by atoms with Crippen LogP contribution in [0.1, 0.15) is 29.7 Å². The molecule has 0 fully saturated rings. The predicted octanol–water partition coefficient (Wildman–Crippen LogP) is 1.88. The van der Waals surface area contributed by atoms with Gasteiger partial charge in [0.15, 0.2) is 17.6 Å². The Bertz CT molecular complexity index is 874. The standard InChI is InChI=1S/C21H26FN3O5/c1-3-29-17-10-15(16(22)11-18(17)30-9-8-26)19(28-2)21(27)25-12-13-4-6-14(7-5-13)20(23)24/h4-7,10-11,19,26H,3,8-9,12H2,1-2H3,(H3,23,24)(H,25,27). The number of benzene rings is 2. The van der Waals surface area contributed by atoms with Crippen molar-refractivity contribution >= 4 is 11.7 Å². The highest BCUT2D eigenvalue weighted by Crippen LogP contribution is 2.34. The molecule has 0 radical (unpaired) electrons. The van der Waals surface area contributed by atoms with E-state index in [9.17, 15) is 9.18 Å². The van der Waals surface area contributed by atoms with E-state index < -0.39 is 17.8 Å². The Balaban J connectivity index is 2.17. The lowest BCUT2D eigenvalue weighted by molar-refractivity contribution is -0.131. The first-order valence-electron chi connectivity index (χ1n) is 9.35. The van der Waals surface area contributed by atoms with Gasteiger partial charge >= 0.3 is 0 Å². The summed E-state index contributed by atoms with van der Waals surface area (Å²) in [5.74, 6) is -0.889. The molecule has 0 saturated carbocycles. The molecular weight excluding hydrogens is 393 g/mol. The number of amides is 1. The molecule has 1 unspecified atom stereocenters. The van der Waals surface area contributed by atoms with Gasteiger partial charge in [-0.15, -0.1) is 0 Å². The van der Waals surface area contributed by atoms with Crippen molar-refractivity contribution in [1.29, 1.82) is 5.41 Å². The van der Waals surface area contributed by atoms with Crippen molar-refractivity contribution < 1.29 is 28.5 Å². The number of nitrogen functional groups attached to an aromatic ring is 1. The Morgan fingerprint density at radius 2 is 1.90 bits per heavy atom. The van der Waals surface area contributed by atoms with Crippen LogP contribution in [0.25, 0.3) is 0 Å². The quantitative estimate of drug-likeness (QED) is 0.325. The van der Waals surface area contributed by atoms with Crippen molar-refractivity contribution in [1.82, 2.24) is 5.32 Å². The lowest BCUT2D eigenvalue weighted by atomic mass is 10.1. The van der Waals surface area contributed by atoms with E-state index in [2.05, 4.69) is 5.32 Å². The second-order valence-electron chi connectivity index (χ2n) is 6.27. The van der Waals surface area contributed by atoms with Crippen LogP contribution >= 0.6 is 0 Å². The zero-order valence-electron chi connectivity index (χ0n) is 16.9. The van der Waals surface area contributed by atoms with Gasteiger partial charge in [-0.3, -0.25) is 10.2 Å². The van der Waals surface area contributed by atoms with Crippen LogP contribution in [0.4, 0.5) is 4.39 Å². The first kappa shape index (κ1) is 23.1. The minimum absolute atomic E-state index is 0.00160. The molecule has 0 spiro atoms. The molecule has 2 aromatic rings. The number of hydrogen-bond acceptors (Lipinski definition) is 6. The van der Waals surface area contributed by atoms with E-state index in [1.165, 1.54) is 13.2 Å². The molecule has 8 nitrogen and oxygen atoms in total. The fourth-order valence-corrected chi connectivity index (χ4v) is 2.75. The minimum atomic E-state index is -1.20. The highest BCUT2D eigenvalue weighted by atomic mass is 19.1. The number of rotatable bonds is 11. The molecule has 0 aliphatic carbocycles. The van der Waals surface area contributed by atoms with E-state index in [0.29, 0.717) is 12.2 Å². The number of halogens is 1. The molecule has 2 rings (SSSR count). The summed E-state index contributed by atoms with van der Waals surface area (Å²) in [5.41, 5.74) is 6.79. The van der Waals surface area contributed by atoms with Crippen LogP contribution in [-0.2, 0) is 16.1 Å². The van der Waals surface area contributed by atoms with Crippen LogP contribution in [-0.4, -0.2) is 43.8 Å². The van der Waals surface area contributed by atoms with E-state index >= 15 is 0 Å². The van der Waals surface area contributed by atoms with Gasteiger partial charge in [-0.25, -0.2) is 4.39 Å². The van der Waals surface area contributed by atoms with Gasteiger partial charge in [-0.2, -0.15) is 0 Å². The maximum Gasteiger partial charge on any atom is 0.254 e. The average Bonchev–Trinajstić information content (AvgIpc) is 2.74. The number of aliphatic hydroxyl groups excluding tert-OH is 1. The molecule has 0 heterocycles. The molecule has 30 heavy (non-hydrogen) atoms. The summed E-state index contributed by atoms with van der Waals surface area (Å²) in [5, 5.41) is 19.0. The molecule has 0 aliphatic heterocycles. The molecule has 0 aliphatic rings. The van der Waals surface area contributed by atoms with Crippen LogP contribution in [0.2, 0.25) is 0 Å². The fraction of sp³-hybridized carbons (Fsp3) is 0.333. The normalized spacial score (nSPS) is 11.6. The first-order chi connectivity index (χ1) is 14.4. The molecule has 162 valence electrons. The highest BCUT2D eigenvalue weighted by Gasteiger charge is 2.26. The number of carbonyl (C=O) groups is 1. The van der Waals surface area contributed by atoms with Crippen molar-refractivity contribution in [2.45, 2.75) is 19.6 Å². The Morgan fingerprint density at radius 3 is 2.47 bits per heavy atom. The summed E-state index contributed by atoms with van der Waals surface area (Å²) in [4.78, 5) is 12.6. The second-order valence-corrected chi connectivity index (χ2v) is 6.27. The maximum absolute atomic E-state index is 14.7. The molecule has 0 bridgehead atoms. The number of aliphatic hydroxyl groups is 1. The van der Waals surface area contributed by atoms with Gasteiger partial charge in [0.1, 0.15) is 18.3 Å². The summed E-state index contributed by atoms with van der Waals surface area (Å²) in [6, 6.07) is 9.30. The van der Waals surface area contributed by atoms with E-state index in [1.807, 2.05) is 0 Å². The van der Waals surface area contributed by atoms with Gasteiger partial charge in [0.05, 0.1) is 13.2 Å². The number of ether oxygens (including phenoxy) is 3. The van der Waals surface area contributed by atoms with Crippen molar-refractivity contribution in [2.75, 3.05) is 26.9 Å². The van der Waals surface area contributed by atoms with Crippen molar-refractivity contribution in [3.63, 3.8) is 0 Å². The number of methoxy groups -OCH3 is 1. The SMILES string of the molecule is CCOc1cc(C(OC)C(=O)NCc2ccc(C(=N)N)cc2)c(F)cc1OCCO. The van der Waals surface area contributed by atoms with Gasteiger partial charge in [-0.1, -0.05) is 24.3 Å². The van der Waals surface area contributed by atoms with Gasteiger partial charge in [0, 0.05) is 30.8 Å². The number of nitrogens with two attached hydrogens (primary N) is 1. The van der Waals surface area contributed by atoms with E-state index in [4.69, 9.17) is 30.5 Å². The van der Waals surface area contributed by atoms with Gasteiger partial charge in [0.2, 0.25) is 0 Å². The third kappa shape index (κ3) is 5.91. The lowest BCUT2D eigenvalue weighted by Gasteiger charge is -2.19. The molecule has 1 amide bonds. The zero-order valence-corrected chi connectivity index (χ0v) is 16.9. The smallest absolute Gasteiger partial charge is 0.254 e. The van der Waals surface area contributed by atoms with Crippen molar-refractivity contribution in [3.05, 3.63) is 58.9 Å². The summed E-state index contributed by atoms with van der Waals surface area (Å²) >= 11 is 0. The molecule has 1 atom stereocenters. The van der Waals surface area contributed by atoms with E-state index in [1.54, 1.807) is 31.2 Å². The Labute approximate surface area is 174 Å². The molecule has 5 N–H and O–H groups in total. The zero-order chi connectivity index (χ0) is 22.1. The van der Waals surface area contributed by atoms with Gasteiger partial charge in [-0.05, 0) is 18.6 Å². The fourth-order valence-electron chi connectivity index (χ4n) is 2.75. The van der Waals surface area contributed by atoms with Crippen LogP contribution in [0.15, 0.2) is 36.4 Å². The number of hydrogen-bond donors (Lipinski definition) is 4. The summed E-state index contributed by atoms with van der Waals surface area (Å²) in [6.45, 7) is 2.01. The Kier molecular flexibility index (Phi) is 8.57. The highest BCUT2D eigenvalue weighted by molar-refractivity contribution is 5.94. The largest absolute Gasteiger partial charge is 0.490 e. The monoisotopic (exact) mass is 419 g/mol. The Hall–Kier alpha value is -3.17. The lowest BCUT2D eigenvalue weighted by Crippen LogP contribution is -2.30. The Morgan fingerprint density at radius 1 is 1.23 bits per heavy atom. The minimum Gasteiger partial charge on any atom is -0.490 e. The summed E-state index contributed by atoms with van der Waals surface area (Å²) < 4.78 is 30.7. The average molecular weight is 419 g/mol. The molecule has 0 saturated heterocycles. The third-order valence-corrected chi connectivity index (χ3v) is 4.20. The van der Waals surface area contributed by atoms with Crippen LogP contribution in [0.5, 0.6) is 11.5 Å². The van der Waals surface area contributed by atoms with Gasteiger partial charge < -0.3 is 30.4 Å². The molecule has 2 aromatic carbocycles. The first-order valence-corrected chi connectivity index (χ1v) is 9.35. The summed E-state index contributed by atoms with van der Waals surface area (Å²) in [6.07, 6.45) is -1.20. The van der Waals surface area contributed by atoms with E-state index in [-0.39, 0.29) is 42.7 Å². The topological polar surface area (TPSA) is 127 Å². The van der Waals surface area contributed by atoms with E-state index in [0.717, 1.165) is 11.6 Å². The van der Waals surface area contributed by atoms with Crippen molar-refractivity contribution in [2.24, 2.45) is 5.73 Å². The second kappa shape index (κ2) is 11.1. The van der Waals surface area contributed by atoms with Crippen molar-refractivity contribution in [3.8, 4) is 11.5 Å². The molecular formula is C21H26FN3O5. The number of carbonyl (C=O) groups excluding carboxylic acids is 1. The van der Waals surface area contributed by atoms with Crippen LogP contribution < -0.4 is 20.5 Å². The third-order valence-electron chi connectivity index (χ3n) is 4.20. The number of amidine groups is 1.